The number of carboxylic acids is 1. The topological polar surface area (TPSA) is 114 Å². The molecule has 0 unspecified atom stereocenters. The fourth-order valence-corrected chi connectivity index (χ4v) is 2.50. The maximum Gasteiger partial charge on any atom is 0.320 e. The minimum atomic E-state index is -3.90. The van der Waals surface area contributed by atoms with Crippen molar-refractivity contribution in [1.82, 2.24) is 14.8 Å². The number of carbonyl (C=O) groups is 1. The van der Waals surface area contributed by atoms with Gasteiger partial charge in [0.2, 0.25) is 10.0 Å². The molecule has 0 aliphatic carbocycles. The van der Waals surface area contributed by atoms with Crippen molar-refractivity contribution < 1.29 is 18.3 Å². The van der Waals surface area contributed by atoms with E-state index in [0.29, 0.717) is 12.2 Å². The molecule has 1 aromatic carbocycles. The van der Waals surface area contributed by atoms with Crippen LogP contribution in [0, 0.1) is 0 Å². The number of benzene rings is 1. The SMILES string of the molecule is O=C(O)CS(=O)(=O)Nc1cccc(Cn2cncn2)c1. The number of rotatable bonds is 6. The molecule has 106 valence electrons. The highest BCUT2D eigenvalue weighted by Crippen LogP contribution is 2.13. The van der Waals surface area contributed by atoms with Gasteiger partial charge in [-0.15, -0.1) is 0 Å². The van der Waals surface area contributed by atoms with Crippen molar-refractivity contribution in [1.29, 1.82) is 0 Å². The van der Waals surface area contributed by atoms with Gasteiger partial charge in [0.25, 0.3) is 0 Å². The molecule has 0 amide bonds. The van der Waals surface area contributed by atoms with Gasteiger partial charge in [-0.3, -0.25) is 9.52 Å². The second kappa shape index (κ2) is 5.70. The predicted octanol–water partition coefficient (Wildman–Crippen LogP) is 0.153. The van der Waals surface area contributed by atoms with Crippen molar-refractivity contribution in [3.05, 3.63) is 42.5 Å². The molecule has 1 heterocycles. The molecule has 0 saturated carbocycles. The molecule has 0 fully saturated rings. The summed E-state index contributed by atoms with van der Waals surface area (Å²) in [6.07, 6.45) is 2.95. The Balaban J connectivity index is 2.12. The first-order valence-corrected chi connectivity index (χ1v) is 7.23. The molecule has 0 radical (unpaired) electrons. The van der Waals surface area contributed by atoms with Gasteiger partial charge in [-0.05, 0) is 17.7 Å². The van der Waals surface area contributed by atoms with Gasteiger partial charge in [-0.1, -0.05) is 12.1 Å². The van der Waals surface area contributed by atoms with Crippen LogP contribution in [0.25, 0.3) is 0 Å². The van der Waals surface area contributed by atoms with E-state index in [2.05, 4.69) is 14.8 Å². The van der Waals surface area contributed by atoms with E-state index in [1.807, 2.05) is 0 Å². The lowest BCUT2D eigenvalue weighted by Gasteiger charge is -2.08. The van der Waals surface area contributed by atoms with E-state index in [9.17, 15) is 13.2 Å². The van der Waals surface area contributed by atoms with Gasteiger partial charge >= 0.3 is 5.97 Å². The van der Waals surface area contributed by atoms with Crippen molar-refractivity contribution in [2.75, 3.05) is 10.5 Å². The number of aliphatic carboxylic acids is 1. The average Bonchev–Trinajstić information content (AvgIpc) is 2.79. The highest BCUT2D eigenvalue weighted by atomic mass is 32.2. The zero-order chi connectivity index (χ0) is 14.6. The molecule has 0 aliphatic rings. The Morgan fingerprint density at radius 1 is 1.40 bits per heavy atom. The summed E-state index contributed by atoms with van der Waals surface area (Å²) in [5.41, 5.74) is 1.12. The number of nitrogens with one attached hydrogen (secondary N) is 1. The molecular formula is C11H12N4O4S. The van der Waals surface area contributed by atoms with Crippen LogP contribution in [0.1, 0.15) is 5.56 Å². The fourth-order valence-electron chi connectivity index (χ4n) is 1.61. The number of aromatic nitrogens is 3. The monoisotopic (exact) mass is 296 g/mol. The van der Waals surface area contributed by atoms with Gasteiger partial charge in [-0.2, -0.15) is 5.10 Å². The molecule has 9 heteroatoms. The Morgan fingerprint density at radius 3 is 2.85 bits per heavy atom. The summed E-state index contributed by atoms with van der Waals surface area (Å²) in [6, 6.07) is 6.63. The van der Waals surface area contributed by atoms with Crippen LogP contribution in [-0.2, 0) is 21.4 Å². The lowest BCUT2D eigenvalue weighted by atomic mass is 10.2. The van der Waals surface area contributed by atoms with Gasteiger partial charge in [0.15, 0.2) is 5.75 Å². The molecule has 2 N–H and O–H groups in total. The number of carboxylic acid groups (broad SMARTS) is 1. The Hall–Kier alpha value is -2.42. The Bertz CT molecular complexity index is 697. The number of anilines is 1. The highest BCUT2D eigenvalue weighted by Gasteiger charge is 2.15. The first-order chi connectivity index (χ1) is 9.44. The maximum absolute atomic E-state index is 11.5. The first-order valence-electron chi connectivity index (χ1n) is 5.58. The van der Waals surface area contributed by atoms with Crippen LogP contribution in [0.4, 0.5) is 5.69 Å². The number of hydrogen-bond acceptors (Lipinski definition) is 5. The largest absolute Gasteiger partial charge is 0.480 e. The quantitative estimate of drug-likeness (QED) is 0.784. The normalized spacial score (nSPS) is 11.2. The molecule has 2 rings (SSSR count). The van der Waals surface area contributed by atoms with Gasteiger partial charge in [0.1, 0.15) is 12.7 Å². The first kappa shape index (κ1) is 14.0. The second-order valence-corrected chi connectivity index (χ2v) is 5.77. The van der Waals surface area contributed by atoms with Crippen LogP contribution in [0.2, 0.25) is 0 Å². The summed E-state index contributed by atoms with van der Waals surface area (Å²) in [5.74, 6) is -2.38. The summed E-state index contributed by atoms with van der Waals surface area (Å²) in [4.78, 5) is 14.3. The van der Waals surface area contributed by atoms with E-state index in [4.69, 9.17) is 5.11 Å². The summed E-state index contributed by atoms with van der Waals surface area (Å²) >= 11 is 0. The molecule has 0 saturated heterocycles. The molecule has 0 atom stereocenters. The van der Waals surface area contributed by atoms with Crippen LogP contribution in [0.15, 0.2) is 36.9 Å². The molecule has 0 aliphatic heterocycles. The zero-order valence-electron chi connectivity index (χ0n) is 10.3. The summed E-state index contributed by atoms with van der Waals surface area (Å²) < 4.78 is 26.8. The molecule has 2 aromatic rings. The van der Waals surface area contributed by atoms with Crippen molar-refractivity contribution in [2.45, 2.75) is 6.54 Å². The van der Waals surface area contributed by atoms with Crippen molar-refractivity contribution >= 4 is 21.7 Å². The third-order valence-electron chi connectivity index (χ3n) is 2.32. The third kappa shape index (κ3) is 4.05. The molecule has 0 spiro atoms. The van der Waals surface area contributed by atoms with E-state index >= 15 is 0 Å². The molecule has 0 bridgehead atoms. The van der Waals surface area contributed by atoms with E-state index in [-0.39, 0.29) is 0 Å². The minimum absolute atomic E-state index is 0.309. The fraction of sp³-hybridized carbons (Fsp3) is 0.182. The van der Waals surface area contributed by atoms with Crippen LogP contribution in [-0.4, -0.2) is 40.0 Å². The van der Waals surface area contributed by atoms with Crippen molar-refractivity contribution in [3.63, 3.8) is 0 Å². The maximum atomic E-state index is 11.5. The third-order valence-corrected chi connectivity index (χ3v) is 3.50. The van der Waals surface area contributed by atoms with Crippen LogP contribution in [0.5, 0.6) is 0 Å². The zero-order valence-corrected chi connectivity index (χ0v) is 11.1. The van der Waals surface area contributed by atoms with Crippen LogP contribution in [0.3, 0.4) is 0 Å². The highest BCUT2D eigenvalue weighted by molar-refractivity contribution is 7.93. The summed E-state index contributed by atoms with van der Waals surface area (Å²) in [5, 5.41) is 12.5. The average molecular weight is 296 g/mol. The minimum Gasteiger partial charge on any atom is -0.480 e. The van der Waals surface area contributed by atoms with Gasteiger partial charge in [0, 0.05) is 5.69 Å². The van der Waals surface area contributed by atoms with Gasteiger partial charge in [-0.25, -0.2) is 18.1 Å². The standard InChI is InChI=1S/C11H12N4O4S/c16-11(17)6-20(18,19)14-10-3-1-2-9(4-10)5-15-8-12-7-13-15/h1-4,7-8,14H,5-6H2,(H,16,17). The number of hydrogen-bond donors (Lipinski definition) is 2. The lowest BCUT2D eigenvalue weighted by molar-refractivity contribution is -0.134. The predicted molar refractivity (Wildman–Crippen MR) is 70.6 cm³/mol. The molecule has 1 aromatic heterocycles. The molecule has 20 heavy (non-hydrogen) atoms. The van der Waals surface area contributed by atoms with Crippen LogP contribution >= 0.6 is 0 Å². The van der Waals surface area contributed by atoms with E-state index in [0.717, 1.165) is 5.56 Å². The molecule has 8 nitrogen and oxygen atoms in total. The van der Waals surface area contributed by atoms with Gasteiger partial charge in [0.05, 0.1) is 6.54 Å². The van der Waals surface area contributed by atoms with Crippen molar-refractivity contribution in [3.8, 4) is 0 Å². The number of sulfonamides is 1. The van der Waals surface area contributed by atoms with E-state index in [1.165, 1.54) is 6.33 Å². The molecular weight excluding hydrogens is 284 g/mol. The van der Waals surface area contributed by atoms with E-state index in [1.54, 1.807) is 35.3 Å². The van der Waals surface area contributed by atoms with Crippen LogP contribution < -0.4 is 4.72 Å². The summed E-state index contributed by atoms with van der Waals surface area (Å²) in [6.45, 7) is 0.439. The van der Waals surface area contributed by atoms with Gasteiger partial charge < -0.3 is 5.11 Å². The second-order valence-electron chi connectivity index (χ2n) is 4.05. The Morgan fingerprint density at radius 2 is 2.20 bits per heavy atom. The van der Waals surface area contributed by atoms with Crippen molar-refractivity contribution in [2.24, 2.45) is 0 Å². The number of nitrogens with zero attached hydrogens (tertiary/aromatic N) is 3. The smallest absolute Gasteiger partial charge is 0.320 e. The Labute approximate surface area is 115 Å². The Kier molecular flexibility index (Phi) is 3.99. The van der Waals surface area contributed by atoms with E-state index < -0.39 is 21.7 Å². The lowest BCUT2D eigenvalue weighted by Crippen LogP contribution is -2.22. The summed E-state index contributed by atoms with van der Waals surface area (Å²) in [7, 11) is -3.90.